The van der Waals surface area contributed by atoms with Crippen LogP contribution in [0, 0.1) is 0 Å². The van der Waals surface area contributed by atoms with Crippen LogP contribution >= 0.6 is 22.7 Å². The van der Waals surface area contributed by atoms with Gasteiger partial charge in [-0.1, -0.05) is 18.2 Å². The smallest absolute Gasteiger partial charge is 0.0494 e. The molecule has 0 aliphatic heterocycles. The highest BCUT2D eigenvalue weighted by Crippen LogP contribution is 2.19. The minimum absolute atomic E-state index is 0.881. The third kappa shape index (κ3) is 3.62. The Bertz CT molecular complexity index is 577. The van der Waals surface area contributed by atoms with Crippen molar-refractivity contribution in [3.63, 3.8) is 0 Å². The van der Waals surface area contributed by atoms with Gasteiger partial charge in [-0.25, -0.2) is 0 Å². The van der Waals surface area contributed by atoms with Crippen LogP contribution in [0.5, 0.6) is 0 Å². The predicted molar refractivity (Wildman–Crippen MR) is 89.7 cm³/mol. The second kappa shape index (κ2) is 6.59. The molecule has 0 unspecified atom stereocenters. The highest BCUT2D eigenvalue weighted by Gasteiger charge is 1.98. The van der Waals surface area contributed by atoms with E-state index in [0.29, 0.717) is 0 Å². The molecule has 2 heterocycles. The molecular weight excluding hydrogens is 284 g/mol. The van der Waals surface area contributed by atoms with E-state index in [2.05, 4.69) is 69.9 Å². The summed E-state index contributed by atoms with van der Waals surface area (Å²) >= 11 is 3.56. The van der Waals surface area contributed by atoms with Gasteiger partial charge >= 0.3 is 0 Å². The van der Waals surface area contributed by atoms with Crippen molar-refractivity contribution >= 4 is 34.0 Å². The Balaban J connectivity index is 1.57. The number of benzene rings is 1. The molecular formula is C16H16N2S2. The van der Waals surface area contributed by atoms with Crippen LogP contribution < -0.4 is 10.6 Å². The first-order valence-electron chi connectivity index (χ1n) is 6.53. The normalized spacial score (nSPS) is 10.4. The van der Waals surface area contributed by atoms with E-state index in [1.54, 1.807) is 22.7 Å². The molecule has 0 fully saturated rings. The Kier molecular flexibility index (Phi) is 4.35. The zero-order valence-corrected chi connectivity index (χ0v) is 12.6. The fraction of sp³-hybridized carbons (Fsp3) is 0.125. The summed E-state index contributed by atoms with van der Waals surface area (Å²) in [4.78, 5) is 2.70. The number of anilines is 2. The zero-order valence-electron chi connectivity index (χ0n) is 11.0. The van der Waals surface area contributed by atoms with Crippen LogP contribution in [0.4, 0.5) is 11.4 Å². The maximum absolute atomic E-state index is 3.45. The van der Waals surface area contributed by atoms with Crippen molar-refractivity contribution in [3.8, 4) is 0 Å². The summed E-state index contributed by atoms with van der Waals surface area (Å²) in [6.07, 6.45) is 0. The standard InChI is InChI=1S/C16H16N2S2/c1-4-13(17-11-15-6-2-8-19-15)10-14(5-1)18-12-16-7-3-9-20-16/h1-10,17-18H,11-12H2. The lowest BCUT2D eigenvalue weighted by atomic mass is 10.2. The Hall–Kier alpha value is -1.78. The molecule has 2 nitrogen and oxygen atoms in total. The summed E-state index contributed by atoms with van der Waals surface area (Å²) in [5.74, 6) is 0. The molecule has 0 atom stereocenters. The van der Waals surface area contributed by atoms with E-state index >= 15 is 0 Å². The lowest BCUT2D eigenvalue weighted by molar-refractivity contribution is 1.17. The third-order valence-electron chi connectivity index (χ3n) is 2.96. The average molecular weight is 300 g/mol. The molecule has 0 saturated carbocycles. The summed E-state index contributed by atoms with van der Waals surface area (Å²) in [5.41, 5.74) is 2.30. The molecule has 20 heavy (non-hydrogen) atoms. The van der Waals surface area contributed by atoms with E-state index in [0.717, 1.165) is 24.5 Å². The Morgan fingerprint density at radius 3 is 1.70 bits per heavy atom. The zero-order chi connectivity index (χ0) is 13.6. The van der Waals surface area contributed by atoms with Crippen molar-refractivity contribution in [2.75, 3.05) is 10.6 Å². The lowest BCUT2D eigenvalue weighted by Crippen LogP contribution is -2.00. The number of hydrogen-bond acceptors (Lipinski definition) is 4. The maximum atomic E-state index is 3.45. The second-order valence-electron chi connectivity index (χ2n) is 4.45. The SMILES string of the molecule is c1cc(NCc2cccs2)cc(NCc2cccs2)c1. The Labute approximate surface area is 127 Å². The van der Waals surface area contributed by atoms with E-state index in [1.807, 2.05) is 0 Å². The summed E-state index contributed by atoms with van der Waals surface area (Å²) in [6.45, 7) is 1.76. The molecule has 0 radical (unpaired) electrons. The fourth-order valence-corrected chi connectivity index (χ4v) is 3.23. The molecule has 3 aromatic rings. The molecule has 0 amide bonds. The first kappa shape index (κ1) is 13.2. The second-order valence-corrected chi connectivity index (χ2v) is 6.51. The van der Waals surface area contributed by atoms with Gasteiger partial charge in [0, 0.05) is 34.2 Å². The number of nitrogens with one attached hydrogen (secondary N) is 2. The molecule has 0 aliphatic carbocycles. The van der Waals surface area contributed by atoms with E-state index in [-0.39, 0.29) is 0 Å². The van der Waals surface area contributed by atoms with Gasteiger partial charge in [0.1, 0.15) is 0 Å². The number of thiophene rings is 2. The first-order chi connectivity index (χ1) is 9.90. The summed E-state index contributed by atoms with van der Waals surface area (Å²) in [5, 5.41) is 11.1. The maximum Gasteiger partial charge on any atom is 0.0494 e. The van der Waals surface area contributed by atoms with Gasteiger partial charge in [0.25, 0.3) is 0 Å². The summed E-state index contributed by atoms with van der Waals surface area (Å²) < 4.78 is 0. The van der Waals surface area contributed by atoms with Crippen LogP contribution in [0.25, 0.3) is 0 Å². The monoisotopic (exact) mass is 300 g/mol. The number of rotatable bonds is 6. The van der Waals surface area contributed by atoms with Crippen molar-refractivity contribution in [1.82, 2.24) is 0 Å². The molecule has 4 heteroatoms. The highest BCUT2D eigenvalue weighted by atomic mass is 32.1. The van der Waals surface area contributed by atoms with Gasteiger partial charge in [0.05, 0.1) is 0 Å². The van der Waals surface area contributed by atoms with Crippen LogP contribution in [-0.2, 0) is 13.1 Å². The molecule has 0 saturated heterocycles. The number of hydrogen-bond donors (Lipinski definition) is 2. The van der Waals surface area contributed by atoms with Crippen molar-refractivity contribution in [3.05, 3.63) is 69.0 Å². The summed E-state index contributed by atoms with van der Waals surface area (Å²) in [6, 6.07) is 16.9. The predicted octanol–water partition coefficient (Wildman–Crippen LogP) is 5.03. The van der Waals surface area contributed by atoms with E-state index < -0.39 is 0 Å². The van der Waals surface area contributed by atoms with Crippen LogP contribution in [0.1, 0.15) is 9.75 Å². The van der Waals surface area contributed by atoms with Crippen LogP contribution in [0.3, 0.4) is 0 Å². The van der Waals surface area contributed by atoms with E-state index in [9.17, 15) is 0 Å². The largest absolute Gasteiger partial charge is 0.380 e. The minimum Gasteiger partial charge on any atom is -0.380 e. The van der Waals surface area contributed by atoms with Gasteiger partial charge < -0.3 is 10.6 Å². The molecule has 0 bridgehead atoms. The fourth-order valence-electron chi connectivity index (χ4n) is 1.94. The molecule has 102 valence electrons. The molecule has 2 aromatic heterocycles. The molecule has 0 aliphatic rings. The van der Waals surface area contributed by atoms with Gasteiger partial charge in [0.15, 0.2) is 0 Å². The third-order valence-corrected chi connectivity index (χ3v) is 4.71. The highest BCUT2D eigenvalue weighted by molar-refractivity contribution is 7.10. The molecule has 3 rings (SSSR count). The first-order valence-corrected chi connectivity index (χ1v) is 8.29. The minimum atomic E-state index is 0.881. The van der Waals surface area contributed by atoms with Crippen molar-refractivity contribution < 1.29 is 0 Å². The molecule has 2 N–H and O–H groups in total. The van der Waals surface area contributed by atoms with Crippen molar-refractivity contribution in [2.24, 2.45) is 0 Å². The summed E-state index contributed by atoms with van der Waals surface area (Å²) in [7, 11) is 0. The van der Waals surface area contributed by atoms with Crippen LogP contribution in [0.15, 0.2) is 59.3 Å². The topological polar surface area (TPSA) is 24.1 Å². The van der Waals surface area contributed by atoms with Gasteiger partial charge in [0.2, 0.25) is 0 Å². The van der Waals surface area contributed by atoms with Gasteiger partial charge in [-0.05, 0) is 41.1 Å². The molecule has 0 spiro atoms. The van der Waals surface area contributed by atoms with Crippen LogP contribution in [-0.4, -0.2) is 0 Å². The van der Waals surface area contributed by atoms with Crippen molar-refractivity contribution in [2.45, 2.75) is 13.1 Å². The van der Waals surface area contributed by atoms with Gasteiger partial charge in [-0.15, -0.1) is 22.7 Å². The van der Waals surface area contributed by atoms with Crippen LogP contribution in [0.2, 0.25) is 0 Å². The Morgan fingerprint density at radius 2 is 1.25 bits per heavy atom. The quantitative estimate of drug-likeness (QED) is 0.667. The van der Waals surface area contributed by atoms with E-state index in [1.165, 1.54) is 9.75 Å². The van der Waals surface area contributed by atoms with Gasteiger partial charge in [-0.3, -0.25) is 0 Å². The lowest BCUT2D eigenvalue weighted by Gasteiger charge is -2.09. The van der Waals surface area contributed by atoms with E-state index in [4.69, 9.17) is 0 Å². The Morgan fingerprint density at radius 1 is 0.700 bits per heavy atom. The average Bonchev–Trinajstić information content (AvgIpc) is 3.17. The molecule has 1 aromatic carbocycles. The van der Waals surface area contributed by atoms with Gasteiger partial charge in [-0.2, -0.15) is 0 Å². The van der Waals surface area contributed by atoms with Crippen molar-refractivity contribution in [1.29, 1.82) is 0 Å².